The second-order valence-electron chi connectivity index (χ2n) is 4.76. The summed E-state index contributed by atoms with van der Waals surface area (Å²) in [5.74, 6) is 0.296. The highest BCUT2D eigenvalue weighted by molar-refractivity contribution is 9.10. The van der Waals surface area contributed by atoms with E-state index in [0.29, 0.717) is 17.0 Å². The van der Waals surface area contributed by atoms with E-state index in [4.69, 9.17) is 4.74 Å². The third-order valence-electron chi connectivity index (χ3n) is 3.41. The molecule has 0 atom stereocenters. The van der Waals surface area contributed by atoms with E-state index >= 15 is 0 Å². The molecule has 0 bridgehead atoms. The van der Waals surface area contributed by atoms with E-state index in [0.717, 1.165) is 17.3 Å². The first kappa shape index (κ1) is 12.7. The lowest BCUT2D eigenvalue weighted by Gasteiger charge is -2.13. The van der Waals surface area contributed by atoms with Crippen LogP contribution in [-0.2, 0) is 0 Å². The molecular formula is C14H14BrFN2O. The topological polar surface area (TPSA) is 37.9 Å². The highest BCUT2D eigenvalue weighted by atomic mass is 79.9. The molecule has 1 aliphatic rings. The number of H-pyrrole nitrogens is 1. The number of aromatic nitrogens is 2. The number of nitrogens with one attached hydrogen (secondary N) is 1. The quantitative estimate of drug-likeness (QED) is 0.914. The summed E-state index contributed by atoms with van der Waals surface area (Å²) < 4.78 is 20.6. The number of benzene rings is 1. The molecule has 1 saturated carbocycles. The molecule has 1 fully saturated rings. The predicted molar refractivity (Wildman–Crippen MR) is 74.6 cm³/mol. The summed E-state index contributed by atoms with van der Waals surface area (Å²) in [6.45, 7) is 0. The average Bonchev–Trinajstić information content (AvgIpc) is 3.02. The summed E-state index contributed by atoms with van der Waals surface area (Å²) in [5, 5.41) is 6.65. The summed E-state index contributed by atoms with van der Waals surface area (Å²) in [7, 11) is 0. The number of rotatable bonds is 3. The summed E-state index contributed by atoms with van der Waals surface area (Å²) in [5.41, 5.74) is 1.13. The third kappa shape index (κ3) is 2.66. The van der Waals surface area contributed by atoms with Gasteiger partial charge >= 0.3 is 0 Å². The Kier molecular flexibility index (Phi) is 3.55. The van der Waals surface area contributed by atoms with Crippen molar-refractivity contribution in [3.8, 4) is 17.0 Å². The second kappa shape index (κ2) is 5.33. The van der Waals surface area contributed by atoms with Crippen LogP contribution in [0.15, 0.2) is 28.9 Å². The Balaban J connectivity index is 1.83. The Hall–Kier alpha value is -1.36. The average molecular weight is 325 g/mol. The molecule has 0 unspecified atom stereocenters. The van der Waals surface area contributed by atoms with Crippen LogP contribution in [0.4, 0.5) is 4.39 Å². The molecule has 0 spiro atoms. The summed E-state index contributed by atoms with van der Waals surface area (Å²) in [6.07, 6.45) is 6.38. The first-order valence-electron chi connectivity index (χ1n) is 6.39. The van der Waals surface area contributed by atoms with Crippen molar-refractivity contribution in [1.29, 1.82) is 0 Å². The van der Waals surface area contributed by atoms with Gasteiger partial charge in [0.05, 0.1) is 22.5 Å². The zero-order valence-corrected chi connectivity index (χ0v) is 11.9. The minimum absolute atomic E-state index is 0.240. The molecule has 0 saturated heterocycles. The van der Waals surface area contributed by atoms with Crippen molar-refractivity contribution in [2.75, 3.05) is 0 Å². The lowest BCUT2D eigenvalue weighted by molar-refractivity contribution is 0.209. The lowest BCUT2D eigenvalue weighted by Crippen LogP contribution is -2.10. The van der Waals surface area contributed by atoms with Crippen LogP contribution in [0, 0.1) is 5.82 Å². The van der Waals surface area contributed by atoms with Crippen LogP contribution < -0.4 is 4.74 Å². The fourth-order valence-corrected chi connectivity index (χ4v) is 2.84. The molecular weight excluding hydrogens is 311 g/mol. The number of ether oxygens (including phenoxy) is 1. The molecule has 0 aliphatic heterocycles. The van der Waals surface area contributed by atoms with Gasteiger partial charge in [0.25, 0.3) is 0 Å². The first-order chi connectivity index (χ1) is 9.24. The molecule has 0 amide bonds. The van der Waals surface area contributed by atoms with Gasteiger partial charge in [-0.1, -0.05) is 0 Å². The minimum atomic E-state index is -0.305. The van der Waals surface area contributed by atoms with E-state index < -0.39 is 0 Å². The molecule has 5 heteroatoms. The number of nitrogens with zero attached hydrogens (tertiary/aromatic N) is 1. The van der Waals surface area contributed by atoms with Gasteiger partial charge in [0.1, 0.15) is 11.6 Å². The smallest absolute Gasteiger partial charge is 0.136 e. The SMILES string of the molecule is Fc1cc(OC2CCCC2)ccc1-c1[nH]ncc1Br. The number of hydrogen-bond donors (Lipinski definition) is 1. The molecule has 1 aromatic heterocycles. The van der Waals surface area contributed by atoms with Crippen molar-refractivity contribution in [3.63, 3.8) is 0 Å². The van der Waals surface area contributed by atoms with Crippen molar-refractivity contribution >= 4 is 15.9 Å². The van der Waals surface area contributed by atoms with E-state index in [1.807, 2.05) is 6.07 Å². The van der Waals surface area contributed by atoms with Crippen molar-refractivity contribution in [3.05, 3.63) is 34.7 Å². The van der Waals surface area contributed by atoms with Gasteiger partial charge in [0.15, 0.2) is 0 Å². The highest BCUT2D eigenvalue weighted by Gasteiger charge is 2.18. The van der Waals surface area contributed by atoms with Gasteiger partial charge in [0.2, 0.25) is 0 Å². The maximum absolute atomic E-state index is 14.1. The molecule has 100 valence electrons. The Morgan fingerprint density at radius 2 is 2.11 bits per heavy atom. The van der Waals surface area contributed by atoms with Crippen LogP contribution in [0.2, 0.25) is 0 Å². The largest absolute Gasteiger partial charge is 0.490 e. The van der Waals surface area contributed by atoms with Crippen molar-refractivity contribution in [2.24, 2.45) is 0 Å². The van der Waals surface area contributed by atoms with Crippen LogP contribution in [0.3, 0.4) is 0 Å². The van der Waals surface area contributed by atoms with Gasteiger partial charge < -0.3 is 4.74 Å². The number of halogens is 2. The lowest BCUT2D eigenvalue weighted by atomic mass is 10.1. The zero-order valence-electron chi connectivity index (χ0n) is 10.3. The number of aromatic amines is 1. The Bertz CT molecular complexity index is 579. The molecule has 2 aromatic rings. The molecule has 0 radical (unpaired) electrons. The maximum Gasteiger partial charge on any atom is 0.136 e. The first-order valence-corrected chi connectivity index (χ1v) is 7.19. The van der Waals surface area contributed by atoms with Crippen LogP contribution >= 0.6 is 15.9 Å². The summed E-state index contributed by atoms with van der Waals surface area (Å²) in [6, 6.07) is 4.98. The molecule has 3 rings (SSSR count). The Morgan fingerprint density at radius 1 is 1.32 bits per heavy atom. The second-order valence-corrected chi connectivity index (χ2v) is 5.61. The van der Waals surface area contributed by atoms with Gasteiger partial charge in [-0.15, -0.1) is 0 Å². The molecule has 1 heterocycles. The van der Waals surface area contributed by atoms with Crippen LogP contribution in [0.25, 0.3) is 11.3 Å². The fourth-order valence-electron chi connectivity index (χ4n) is 2.43. The normalized spacial score (nSPS) is 15.9. The summed E-state index contributed by atoms with van der Waals surface area (Å²) >= 11 is 3.33. The van der Waals surface area contributed by atoms with Crippen molar-refractivity contribution in [2.45, 2.75) is 31.8 Å². The van der Waals surface area contributed by atoms with E-state index in [2.05, 4.69) is 26.1 Å². The van der Waals surface area contributed by atoms with E-state index in [1.54, 1.807) is 12.3 Å². The van der Waals surface area contributed by atoms with Gasteiger partial charge in [-0.25, -0.2) is 4.39 Å². The van der Waals surface area contributed by atoms with Crippen LogP contribution in [0.5, 0.6) is 5.75 Å². The van der Waals surface area contributed by atoms with E-state index in [-0.39, 0.29) is 11.9 Å². The number of hydrogen-bond acceptors (Lipinski definition) is 2. The Labute approximate surface area is 119 Å². The minimum Gasteiger partial charge on any atom is -0.490 e. The highest BCUT2D eigenvalue weighted by Crippen LogP contribution is 2.31. The van der Waals surface area contributed by atoms with Crippen molar-refractivity contribution in [1.82, 2.24) is 10.2 Å². The molecule has 19 heavy (non-hydrogen) atoms. The zero-order chi connectivity index (χ0) is 13.2. The fraction of sp³-hybridized carbons (Fsp3) is 0.357. The molecule has 1 aromatic carbocycles. The van der Waals surface area contributed by atoms with Crippen LogP contribution in [-0.4, -0.2) is 16.3 Å². The van der Waals surface area contributed by atoms with Crippen LogP contribution in [0.1, 0.15) is 25.7 Å². The summed E-state index contributed by atoms with van der Waals surface area (Å²) in [4.78, 5) is 0. The Morgan fingerprint density at radius 3 is 2.74 bits per heavy atom. The monoisotopic (exact) mass is 324 g/mol. The van der Waals surface area contributed by atoms with Gasteiger partial charge in [-0.3, -0.25) is 5.10 Å². The molecule has 1 N–H and O–H groups in total. The van der Waals surface area contributed by atoms with Gasteiger partial charge in [-0.05, 0) is 53.7 Å². The standard InChI is InChI=1S/C14H14BrFN2O/c15-12-8-17-18-14(12)11-6-5-10(7-13(11)16)19-9-3-1-2-4-9/h5-9H,1-4H2,(H,17,18). The van der Waals surface area contributed by atoms with Gasteiger partial charge in [0, 0.05) is 11.6 Å². The van der Waals surface area contributed by atoms with Crippen molar-refractivity contribution < 1.29 is 9.13 Å². The molecule has 1 aliphatic carbocycles. The predicted octanol–water partition coefficient (Wildman–Crippen LogP) is 4.30. The molecule has 3 nitrogen and oxygen atoms in total. The van der Waals surface area contributed by atoms with Gasteiger partial charge in [-0.2, -0.15) is 5.10 Å². The van der Waals surface area contributed by atoms with E-state index in [1.165, 1.54) is 18.9 Å². The maximum atomic E-state index is 14.1. The van der Waals surface area contributed by atoms with E-state index in [9.17, 15) is 4.39 Å². The third-order valence-corrected chi connectivity index (χ3v) is 4.01.